The van der Waals surface area contributed by atoms with E-state index in [-0.39, 0.29) is 11.8 Å². The standard InChI is InChI=1S/C14H25NO2/c1-3-14(17,4-2)9-15-13(16)12-10-7-5-6-8-11(10)12/h10-12,17H,3-9H2,1-2H3,(H,15,16). The topological polar surface area (TPSA) is 49.3 Å². The van der Waals surface area contributed by atoms with E-state index in [9.17, 15) is 9.90 Å². The summed E-state index contributed by atoms with van der Waals surface area (Å²) >= 11 is 0. The Balaban J connectivity index is 1.79. The van der Waals surface area contributed by atoms with Crippen molar-refractivity contribution >= 4 is 5.91 Å². The minimum absolute atomic E-state index is 0.183. The first-order chi connectivity index (χ1) is 8.11. The third kappa shape index (κ3) is 2.65. The highest BCUT2D eigenvalue weighted by Crippen LogP contribution is 2.55. The summed E-state index contributed by atoms with van der Waals surface area (Å²) in [5, 5.41) is 13.1. The van der Waals surface area contributed by atoms with Crippen molar-refractivity contribution in [2.24, 2.45) is 17.8 Å². The number of carbonyl (C=O) groups is 1. The molecule has 2 rings (SSSR count). The Hall–Kier alpha value is -0.570. The number of hydrogen-bond donors (Lipinski definition) is 2. The zero-order valence-corrected chi connectivity index (χ0v) is 11.0. The molecule has 2 aliphatic carbocycles. The molecule has 0 bridgehead atoms. The van der Waals surface area contributed by atoms with E-state index in [0.717, 1.165) is 0 Å². The lowest BCUT2D eigenvalue weighted by Crippen LogP contribution is -2.42. The molecular weight excluding hydrogens is 214 g/mol. The molecule has 2 atom stereocenters. The number of rotatable bonds is 5. The lowest BCUT2D eigenvalue weighted by atomic mass is 9.97. The van der Waals surface area contributed by atoms with Crippen LogP contribution in [-0.2, 0) is 4.79 Å². The van der Waals surface area contributed by atoms with Crippen LogP contribution < -0.4 is 5.32 Å². The number of fused-ring (bicyclic) bond motifs is 1. The van der Waals surface area contributed by atoms with Gasteiger partial charge in [-0.15, -0.1) is 0 Å². The molecule has 0 aromatic carbocycles. The summed E-state index contributed by atoms with van der Waals surface area (Å²) in [6.45, 7) is 4.34. The summed E-state index contributed by atoms with van der Waals surface area (Å²) < 4.78 is 0. The zero-order valence-electron chi connectivity index (χ0n) is 11.0. The molecule has 0 aromatic heterocycles. The van der Waals surface area contributed by atoms with Gasteiger partial charge < -0.3 is 10.4 Å². The van der Waals surface area contributed by atoms with Crippen LogP contribution in [0.5, 0.6) is 0 Å². The molecule has 0 spiro atoms. The molecule has 0 aromatic rings. The van der Waals surface area contributed by atoms with Gasteiger partial charge in [0.1, 0.15) is 0 Å². The van der Waals surface area contributed by atoms with Gasteiger partial charge >= 0.3 is 0 Å². The summed E-state index contributed by atoms with van der Waals surface area (Å²) in [5.41, 5.74) is -0.713. The van der Waals surface area contributed by atoms with E-state index in [1.54, 1.807) is 0 Å². The Morgan fingerprint density at radius 1 is 1.24 bits per heavy atom. The number of aliphatic hydroxyl groups is 1. The molecule has 2 fully saturated rings. The molecular formula is C14H25NO2. The van der Waals surface area contributed by atoms with Crippen LogP contribution in [0, 0.1) is 17.8 Å². The summed E-state index contributed by atoms with van der Waals surface area (Å²) in [4.78, 5) is 12.0. The molecule has 2 N–H and O–H groups in total. The van der Waals surface area contributed by atoms with E-state index in [2.05, 4.69) is 5.32 Å². The van der Waals surface area contributed by atoms with Gasteiger partial charge in [-0.3, -0.25) is 4.79 Å². The van der Waals surface area contributed by atoms with Gasteiger partial charge in [-0.2, -0.15) is 0 Å². The molecule has 2 unspecified atom stereocenters. The average Bonchev–Trinajstić information content (AvgIpc) is 3.10. The molecule has 2 aliphatic rings. The second-order valence-electron chi connectivity index (χ2n) is 5.79. The molecule has 3 nitrogen and oxygen atoms in total. The van der Waals surface area contributed by atoms with E-state index < -0.39 is 5.60 Å². The van der Waals surface area contributed by atoms with E-state index in [1.807, 2.05) is 13.8 Å². The van der Waals surface area contributed by atoms with Gasteiger partial charge in [0.2, 0.25) is 5.91 Å². The quantitative estimate of drug-likeness (QED) is 0.772. The molecule has 3 heteroatoms. The van der Waals surface area contributed by atoms with E-state index >= 15 is 0 Å². The van der Waals surface area contributed by atoms with Crippen molar-refractivity contribution in [1.82, 2.24) is 5.32 Å². The third-order valence-electron chi connectivity index (χ3n) is 4.87. The van der Waals surface area contributed by atoms with E-state index in [4.69, 9.17) is 0 Å². The van der Waals surface area contributed by atoms with Crippen molar-refractivity contribution in [1.29, 1.82) is 0 Å². The first-order valence-corrected chi connectivity index (χ1v) is 7.11. The fourth-order valence-electron chi connectivity index (χ4n) is 3.25. The number of hydrogen-bond acceptors (Lipinski definition) is 2. The molecule has 98 valence electrons. The fraction of sp³-hybridized carbons (Fsp3) is 0.929. The number of amides is 1. The normalized spacial score (nSPS) is 31.8. The second kappa shape index (κ2) is 4.97. The highest BCUT2D eigenvalue weighted by atomic mass is 16.3. The Morgan fingerprint density at radius 2 is 1.76 bits per heavy atom. The smallest absolute Gasteiger partial charge is 0.223 e. The van der Waals surface area contributed by atoms with Gasteiger partial charge in [-0.05, 0) is 37.5 Å². The molecule has 17 heavy (non-hydrogen) atoms. The fourth-order valence-corrected chi connectivity index (χ4v) is 3.25. The SMILES string of the molecule is CCC(O)(CC)CNC(=O)C1C2CCCCC21. The maximum Gasteiger partial charge on any atom is 0.223 e. The largest absolute Gasteiger partial charge is 0.388 e. The van der Waals surface area contributed by atoms with Crippen LogP contribution in [0.25, 0.3) is 0 Å². The van der Waals surface area contributed by atoms with Gasteiger partial charge in [-0.25, -0.2) is 0 Å². The van der Waals surface area contributed by atoms with Gasteiger partial charge in [0, 0.05) is 12.5 Å². The maximum absolute atomic E-state index is 12.0. The van der Waals surface area contributed by atoms with Crippen molar-refractivity contribution in [3.05, 3.63) is 0 Å². The molecule has 2 saturated carbocycles. The summed E-state index contributed by atoms with van der Waals surface area (Å²) in [5.74, 6) is 1.75. The summed E-state index contributed by atoms with van der Waals surface area (Å²) in [6, 6.07) is 0. The molecule has 0 heterocycles. The highest BCUT2D eigenvalue weighted by Gasteiger charge is 2.54. The monoisotopic (exact) mass is 239 g/mol. The van der Waals surface area contributed by atoms with Crippen molar-refractivity contribution in [2.45, 2.75) is 58.0 Å². The van der Waals surface area contributed by atoms with Crippen LogP contribution in [0.4, 0.5) is 0 Å². The van der Waals surface area contributed by atoms with Crippen molar-refractivity contribution < 1.29 is 9.90 Å². The Morgan fingerprint density at radius 3 is 2.24 bits per heavy atom. The Bertz CT molecular complexity index is 274. The van der Waals surface area contributed by atoms with Crippen molar-refractivity contribution in [3.63, 3.8) is 0 Å². The molecule has 0 aliphatic heterocycles. The minimum Gasteiger partial charge on any atom is -0.388 e. The van der Waals surface area contributed by atoms with Crippen LogP contribution in [0.1, 0.15) is 52.4 Å². The summed E-state index contributed by atoms with van der Waals surface area (Å²) in [7, 11) is 0. The van der Waals surface area contributed by atoms with Gasteiger partial charge in [-0.1, -0.05) is 26.7 Å². The molecule has 0 saturated heterocycles. The maximum atomic E-state index is 12.0. The zero-order chi connectivity index (χ0) is 12.5. The first-order valence-electron chi connectivity index (χ1n) is 7.11. The van der Waals surface area contributed by atoms with E-state index in [1.165, 1.54) is 25.7 Å². The van der Waals surface area contributed by atoms with Crippen LogP contribution in [0.15, 0.2) is 0 Å². The first kappa shape index (κ1) is 12.9. The minimum atomic E-state index is -0.713. The lowest BCUT2D eigenvalue weighted by molar-refractivity contribution is -0.124. The van der Waals surface area contributed by atoms with Gasteiger partial charge in [0.15, 0.2) is 0 Å². The summed E-state index contributed by atoms with van der Waals surface area (Å²) in [6.07, 6.45) is 6.43. The van der Waals surface area contributed by atoms with Crippen molar-refractivity contribution in [2.75, 3.05) is 6.54 Å². The average molecular weight is 239 g/mol. The predicted octanol–water partition coefficient (Wildman–Crippen LogP) is 2.09. The molecule has 1 amide bonds. The van der Waals surface area contributed by atoms with Crippen LogP contribution >= 0.6 is 0 Å². The van der Waals surface area contributed by atoms with E-state index in [0.29, 0.717) is 31.2 Å². The second-order valence-corrected chi connectivity index (χ2v) is 5.79. The lowest BCUT2D eigenvalue weighted by Gasteiger charge is -2.25. The van der Waals surface area contributed by atoms with Gasteiger partial charge in [0.25, 0.3) is 0 Å². The highest BCUT2D eigenvalue weighted by molar-refractivity contribution is 5.82. The predicted molar refractivity (Wildman–Crippen MR) is 67.5 cm³/mol. The Kier molecular flexibility index (Phi) is 3.76. The van der Waals surface area contributed by atoms with Crippen LogP contribution in [-0.4, -0.2) is 23.2 Å². The number of nitrogens with one attached hydrogen (secondary N) is 1. The Labute approximate surface area is 104 Å². The van der Waals surface area contributed by atoms with Gasteiger partial charge in [0.05, 0.1) is 5.60 Å². The number of carbonyl (C=O) groups excluding carboxylic acids is 1. The van der Waals surface area contributed by atoms with Crippen LogP contribution in [0.3, 0.4) is 0 Å². The third-order valence-corrected chi connectivity index (χ3v) is 4.87. The van der Waals surface area contributed by atoms with Crippen molar-refractivity contribution in [3.8, 4) is 0 Å². The van der Waals surface area contributed by atoms with Crippen LogP contribution in [0.2, 0.25) is 0 Å². The molecule has 0 radical (unpaired) electrons.